The number of imidazole rings is 1. The van der Waals surface area contributed by atoms with Gasteiger partial charge >= 0.3 is 0 Å². The van der Waals surface area contributed by atoms with Crippen molar-refractivity contribution in [3.05, 3.63) is 18.2 Å². The van der Waals surface area contributed by atoms with Crippen LogP contribution in [0.15, 0.2) is 12.5 Å². The van der Waals surface area contributed by atoms with Gasteiger partial charge < -0.3 is 10.3 Å². The quantitative estimate of drug-likeness (QED) is 0.852. The predicted octanol–water partition coefficient (Wildman–Crippen LogP) is 3.07. The summed E-state index contributed by atoms with van der Waals surface area (Å²) in [5.74, 6) is 1.42. The molecule has 0 aliphatic heterocycles. The maximum absolute atomic E-state index is 6.30. The zero-order valence-electron chi connectivity index (χ0n) is 11.5. The Kier molecular flexibility index (Phi) is 3.30. The molecule has 2 rings (SSSR count). The molecule has 2 N–H and O–H groups in total. The minimum Gasteiger partial charge on any atom is -0.327 e. The molecule has 0 spiro atoms. The van der Waals surface area contributed by atoms with Gasteiger partial charge in [-0.15, -0.1) is 0 Å². The Morgan fingerprint density at radius 1 is 1.47 bits per heavy atom. The summed E-state index contributed by atoms with van der Waals surface area (Å²) in [6.07, 6.45) is 7.59. The van der Waals surface area contributed by atoms with Crippen LogP contribution in [0.25, 0.3) is 0 Å². The van der Waals surface area contributed by atoms with Crippen molar-refractivity contribution in [1.29, 1.82) is 0 Å². The molecule has 0 amide bonds. The lowest BCUT2D eigenvalue weighted by atomic mass is 9.96. The zero-order chi connectivity index (χ0) is 12.6. The van der Waals surface area contributed by atoms with Crippen LogP contribution >= 0.6 is 0 Å². The summed E-state index contributed by atoms with van der Waals surface area (Å²) in [5, 5.41) is 0. The lowest BCUT2D eigenvalue weighted by Gasteiger charge is -2.30. The van der Waals surface area contributed by atoms with E-state index in [1.807, 2.05) is 12.5 Å². The van der Waals surface area contributed by atoms with E-state index < -0.39 is 0 Å². The summed E-state index contributed by atoms with van der Waals surface area (Å²) in [6.45, 7) is 9.04. The van der Waals surface area contributed by atoms with Gasteiger partial charge in [-0.25, -0.2) is 4.98 Å². The van der Waals surface area contributed by atoms with Crippen molar-refractivity contribution in [1.82, 2.24) is 9.55 Å². The maximum atomic E-state index is 6.30. The Hall–Kier alpha value is -0.830. The van der Waals surface area contributed by atoms with Crippen molar-refractivity contribution < 1.29 is 0 Å². The molecule has 1 aromatic heterocycles. The molecule has 17 heavy (non-hydrogen) atoms. The molecule has 0 aromatic carbocycles. The molecule has 0 radical (unpaired) electrons. The van der Waals surface area contributed by atoms with E-state index in [0.29, 0.717) is 5.92 Å². The molecular weight excluding hydrogens is 210 g/mol. The Morgan fingerprint density at radius 2 is 2.12 bits per heavy atom. The number of hydrogen-bond acceptors (Lipinski definition) is 2. The summed E-state index contributed by atoms with van der Waals surface area (Å²) in [6, 6.07) is 0.107. The summed E-state index contributed by atoms with van der Waals surface area (Å²) in [4.78, 5) is 4.31. The van der Waals surface area contributed by atoms with Gasteiger partial charge in [0.1, 0.15) is 0 Å². The zero-order valence-corrected chi connectivity index (χ0v) is 11.5. The second kappa shape index (κ2) is 4.45. The molecule has 1 heterocycles. The summed E-state index contributed by atoms with van der Waals surface area (Å²) in [5.41, 5.74) is 7.66. The van der Waals surface area contributed by atoms with E-state index in [-0.39, 0.29) is 11.6 Å². The van der Waals surface area contributed by atoms with Gasteiger partial charge in [-0.1, -0.05) is 13.8 Å². The van der Waals surface area contributed by atoms with Gasteiger partial charge in [0.2, 0.25) is 0 Å². The molecule has 1 aliphatic rings. The summed E-state index contributed by atoms with van der Waals surface area (Å²) < 4.78 is 2.30. The highest BCUT2D eigenvalue weighted by atomic mass is 15.1. The first-order valence-corrected chi connectivity index (χ1v) is 6.71. The summed E-state index contributed by atoms with van der Waals surface area (Å²) in [7, 11) is 0. The van der Waals surface area contributed by atoms with Crippen molar-refractivity contribution in [2.45, 2.75) is 58.5 Å². The van der Waals surface area contributed by atoms with Gasteiger partial charge in [-0.05, 0) is 44.9 Å². The van der Waals surface area contributed by atoms with Crippen LogP contribution in [0, 0.1) is 11.8 Å². The van der Waals surface area contributed by atoms with E-state index in [9.17, 15) is 0 Å². The van der Waals surface area contributed by atoms with E-state index in [2.05, 4.69) is 37.2 Å². The number of nitrogens with two attached hydrogens (primary N) is 1. The van der Waals surface area contributed by atoms with Gasteiger partial charge in [-0.3, -0.25) is 0 Å². The third-order valence-corrected chi connectivity index (χ3v) is 3.97. The van der Waals surface area contributed by atoms with E-state index in [1.54, 1.807) is 0 Å². The van der Waals surface area contributed by atoms with Crippen molar-refractivity contribution in [2.24, 2.45) is 17.6 Å². The average molecular weight is 235 g/mol. The van der Waals surface area contributed by atoms with Crippen molar-refractivity contribution >= 4 is 0 Å². The highest BCUT2D eigenvalue weighted by Gasteiger charge is 2.40. The first-order chi connectivity index (χ1) is 7.93. The molecule has 3 nitrogen and oxygen atoms in total. The van der Waals surface area contributed by atoms with Gasteiger partial charge in [-0.2, -0.15) is 0 Å². The Balaban J connectivity index is 2.21. The molecule has 1 aliphatic carbocycles. The van der Waals surface area contributed by atoms with Crippen molar-refractivity contribution in [3.63, 3.8) is 0 Å². The minimum atomic E-state index is 0.107. The van der Waals surface area contributed by atoms with Gasteiger partial charge in [0.15, 0.2) is 0 Å². The second-order valence-electron chi connectivity index (χ2n) is 6.35. The Labute approximate surface area is 104 Å². The standard InChI is InChI=1S/C14H25N3/c1-10(2)7-12(15)13-8-16-9-17(13)14(3,4)11-5-6-11/h8-12H,5-7,15H2,1-4H3. The fraction of sp³-hybridized carbons (Fsp3) is 0.786. The fourth-order valence-corrected chi connectivity index (χ4v) is 2.68. The van der Waals surface area contributed by atoms with E-state index in [0.717, 1.165) is 12.3 Å². The van der Waals surface area contributed by atoms with E-state index >= 15 is 0 Å². The molecule has 0 bridgehead atoms. The molecule has 3 heteroatoms. The van der Waals surface area contributed by atoms with Crippen LogP contribution < -0.4 is 5.73 Å². The topological polar surface area (TPSA) is 43.8 Å². The van der Waals surface area contributed by atoms with Crippen LogP contribution in [0.4, 0.5) is 0 Å². The predicted molar refractivity (Wildman–Crippen MR) is 70.7 cm³/mol. The molecule has 1 atom stereocenters. The van der Waals surface area contributed by atoms with Crippen LogP contribution in [0.3, 0.4) is 0 Å². The van der Waals surface area contributed by atoms with E-state index in [4.69, 9.17) is 5.73 Å². The van der Waals surface area contributed by atoms with E-state index in [1.165, 1.54) is 18.5 Å². The monoisotopic (exact) mass is 235 g/mol. The smallest absolute Gasteiger partial charge is 0.0953 e. The fourth-order valence-electron chi connectivity index (χ4n) is 2.68. The molecular formula is C14H25N3. The van der Waals surface area contributed by atoms with Crippen LogP contribution in [0.2, 0.25) is 0 Å². The highest BCUT2D eigenvalue weighted by Crippen LogP contribution is 2.44. The van der Waals surface area contributed by atoms with Crippen LogP contribution in [0.1, 0.15) is 58.7 Å². The third kappa shape index (κ3) is 2.54. The normalized spacial score (nSPS) is 18.7. The maximum Gasteiger partial charge on any atom is 0.0953 e. The largest absolute Gasteiger partial charge is 0.327 e. The average Bonchev–Trinajstić information content (AvgIpc) is 2.94. The van der Waals surface area contributed by atoms with Crippen LogP contribution in [0.5, 0.6) is 0 Å². The highest BCUT2D eigenvalue weighted by molar-refractivity contribution is 5.10. The van der Waals surface area contributed by atoms with Gasteiger partial charge in [0.05, 0.1) is 12.0 Å². The lowest BCUT2D eigenvalue weighted by molar-refractivity contribution is 0.287. The second-order valence-corrected chi connectivity index (χ2v) is 6.35. The number of hydrogen-bond donors (Lipinski definition) is 1. The summed E-state index contributed by atoms with van der Waals surface area (Å²) >= 11 is 0. The van der Waals surface area contributed by atoms with Gasteiger partial charge in [0.25, 0.3) is 0 Å². The molecule has 1 unspecified atom stereocenters. The molecule has 1 saturated carbocycles. The molecule has 1 aromatic rings. The van der Waals surface area contributed by atoms with Crippen molar-refractivity contribution in [2.75, 3.05) is 0 Å². The molecule has 1 fully saturated rings. The van der Waals surface area contributed by atoms with Crippen LogP contribution in [-0.4, -0.2) is 9.55 Å². The first kappa shape index (κ1) is 12.6. The molecule has 0 saturated heterocycles. The number of nitrogens with zero attached hydrogens (tertiary/aromatic N) is 2. The number of aromatic nitrogens is 2. The Bertz CT molecular complexity index is 375. The SMILES string of the molecule is CC(C)CC(N)c1cncn1C(C)(C)C1CC1. The van der Waals surface area contributed by atoms with Crippen molar-refractivity contribution in [3.8, 4) is 0 Å². The lowest BCUT2D eigenvalue weighted by Crippen LogP contribution is -2.32. The minimum absolute atomic E-state index is 0.107. The van der Waals surface area contributed by atoms with Gasteiger partial charge in [0, 0.05) is 17.8 Å². The number of rotatable bonds is 5. The van der Waals surface area contributed by atoms with Crippen LogP contribution in [-0.2, 0) is 5.54 Å². The molecule has 96 valence electrons. The Morgan fingerprint density at radius 3 is 2.65 bits per heavy atom. The first-order valence-electron chi connectivity index (χ1n) is 6.71. The third-order valence-electron chi connectivity index (χ3n) is 3.97.